The summed E-state index contributed by atoms with van der Waals surface area (Å²) in [5.74, 6) is 0.213. The Balaban J connectivity index is 3.15. The number of rotatable bonds is 4. The van der Waals surface area contributed by atoms with Crippen LogP contribution in [0.15, 0.2) is 12.2 Å². The van der Waals surface area contributed by atoms with Crippen LogP contribution >= 0.6 is 0 Å². The van der Waals surface area contributed by atoms with Crippen LogP contribution in [0.4, 0.5) is 0 Å². The summed E-state index contributed by atoms with van der Waals surface area (Å²) in [6.07, 6.45) is 5.53. The van der Waals surface area contributed by atoms with E-state index in [2.05, 4.69) is 0 Å². The maximum atomic E-state index is 10.4. The number of hydrogen-bond donors (Lipinski definition) is 0. The second-order valence-electron chi connectivity index (χ2n) is 2.13. The Morgan fingerprint density at radius 1 is 1.70 bits per heavy atom. The lowest BCUT2D eigenvalue weighted by atomic mass is 10.2. The molecule has 0 saturated carbocycles. The van der Waals surface area contributed by atoms with Gasteiger partial charge in [-0.25, -0.2) is 0 Å². The highest BCUT2D eigenvalue weighted by Crippen LogP contribution is 1.96. The van der Waals surface area contributed by atoms with Crippen molar-refractivity contribution < 1.29 is 4.79 Å². The first-order chi connectivity index (χ1) is 4.77. The van der Waals surface area contributed by atoms with Gasteiger partial charge in [-0.3, -0.25) is 0 Å². The predicted octanol–water partition coefficient (Wildman–Crippen LogP) is 1.83. The molecule has 0 aliphatic rings. The maximum absolute atomic E-state index is 10.4. The molecule has 0 unspecified atom stereocenters. The monoisotopic (exact) mass is 137 g/mol. The predicted molar refractivity (Wildman–Crippen MR) is 39.3 cm³/mol. The van der Waals surface area contributed by atoms with Gasteiger partial charge in [0.1, 0.15) is 5.78 Å². The summed E-state index contributed by atoms with van der Waals surface area (Å²) in [6, 6.07) is 1.89. The number of allylic oxidation sites excluding steroid dienone is 2. The minimum atomic E-state index is 0.213. The minimum Gasteiger partial charge on any atom is -0.300 e. The van der Waals surface area contributed by atoms with Gasteiger partial charge in [0.05, 0.1) is 6.07 Å². The van der Waals surface area contributed by atoms with E-state index >= 15 is 0 Å². The highest BCUT2D eigenvalue weighted by Gasteiger charge is 1.89. The third-order valence-corrected chi connectivity index (χ3v) is 1.09. The van der Waals surface area contributed by atoms with E-state index in [1.807, 2.05) is 6.07 Å². The van der Waals surface area contributed by atoms with E-state index in [0.29, 0.717) is 6.42 Å². The number of nitriles is 1. The van der Waals surface area contributed by atoms with Gasteiger partial charge in [-0.15, -0.1) is 0 Å². The topological polar surface area (TPSA) is 40.9 Å². The second kappa shape index (κ2) is 6.03. The molecule has 0 amide bonds. The van der Waals surface area contributed by atoms with Crippen LogP contribution in [0.2, 0.25) is 0 Å². The molecule has 2 nitrogen and oxygen atoms in total. The standard InChI is InChI=1S/C8H11NO/c1-8(10)6-4-2-3-5-7-9/h3,5H,2,4,6H2,1H3. The largest absolute Gasteiger partial charge is 0.300 e. The van der Waals surface area contributed by atoms with Crippen LogP contribution in [0.1, 0.15) is 26.2 Å². The van der Waals surface area contributed by atoms with Crippen molar-refractivity contribution in [2.45, 2.75) is 26.2 Å². The average molecular weight is 137 g/mol. The van der Waals surface area contributed by atoms with Gasteiger partial charge in [0, 0.05) is 12.5 Å². The lowest BCUT2D eigenvalue weighted by molar-refractivity contribution is -0.117. The summed E-state index contributed by atoms with van der Waals surface area (Å²) < 4.78 is 0. The molecule has 10 heavy (non-hydrogen) atoms. The Morgan fingerprint density at radius 2 is 2.40 bits per heavy atom. The molecular weight excluding hydrogens is 126 g/mol. The molecule has 0 fully saturated rings. The van der Waals surface area contributed by atoms with Crippen LogP contribution in [0, 0.1) is 11.3 Å². The molecule has 54 valence electrons. The van der Waals surface area contributed by atoms with Gasteiger partial charge >= 0.3 is 0 Å². The van der Waals surface area contributed by atoms with Gasteiger partial charge in [-0.05, 0) is 19.8 Å². The average Bonchev–Trinajstić information content (AvgIpc) is 1.87. The van der Waals surface area contributed by atoms with Gasteiger partial charge in [-0.2, -0.15) is 5.26 Å². The molecule has 0 aromatic carbocycles. The molecule has 0 radical (unpaired) electrons. The SMILES string of the molecule is CC(=O)CCCC=CC#N. The number of Topliss-reactive ketones (excluding diaryl/α,β-unsaturated/α-hetero) is 1. The van der Waals surface area contributed by atoms with Crippen LogP contribution in [-0.2, 0) is 4.79 Å². The van der Waals surface area contributed by atoms with Crippen LogP contribution in [0.5, 0.6) is 0 Å². The van der Waals surface area contributed by atoms with E-state index in [1.165, 1.54) is 6.08 Å². The Kier molecular flexibility index (Phi) is 5.36. The van der Waals surface area contributed by atoms with Crippen molar-refractivity contribution in [1.29, 1.82) is 5.26 Å². The zero-order valence-corrected chi connectivity index (χ0v) is 6.13. The van der Waals surface area contributed by atoms with E-state index in [-0.39, 0.29) is 5.78 Å². The number of carbonyl (C=O) groups excluding carboxylic acids is 1. The molecule has 0 spiro atoms. The van der Waals surface area contributed by atoms with Gasteiger partial charge in [0.15, 0.2) is 0 Å². The minimum absolute atomic E-state index is 0.213. The Labute approximate surface area is 61.2 Å². The van der Waals surface area contributed by atoms with Crippen molar-refractivity contribution in [2.75, 3.05) is 0 Å². The third kappa shape index (κ3) is 6.90. The molecular formula is C8H11NO. The molecule has 0 aromatic rings. The lowest BCUT2D eigenvalue weighted by Crippen LogP contribution is -1.87. The number of hydrogen-bond acceptors (Lipinski definition) is 2. The molecule has 2 heteroatoms. The molecule has 0 aliphatic carbocycles. The Bertz CT molecular complexity index is 165. The number of unbranched alkanes of at least 4 members (excludes halogenated alkanes) is 1. The summed E-state index contributed by atoms with van der Waals surface area (Å²) in [6.45, 7) is 1.58. The first kappa shape index (κ1) is 8.90. The van der Waals surface area contributed by atoms with Crippen LogP contribution in [0.25, 0.3) is 0 Å². The van der Waals surface area contributed by atoms with E-state index < -0.39 is 0 Å². The zero-order valence-electron chi connectivity index (χ0n) is 6.13. The number of nitrogens with zero attached hydrogens (tertiary/aromatic N) is 1. The van der Waals surface area contributed by atoms with Crippen molar-refractivity contribution in [3.05, 3.63) is 12.2 Å². The van der Waals surface area contributed by atoms with Crippen molar-refractivity contribution in [1.82, 2.24) is 0 Å². The Hall–Kier alpha value is -1.10. The van der Waals surface area contributed by atoms with Crippen LogP contribution < -0.4 is 0 Å². The molecule has 0 bridgehead atoms. The number of ketones is 1. The number of carbonyl (C=O) groups is 1. The maximum Gasteiger partial charge on any atom is 0.129 e. The summed E-state index contributed by atoms with van der Waals surface area (Å²) in [5.41, 5.74) is 0. The first-order valence-corrected chi connectivity index (χ1v) is 3.31. The fraction of sp³-hybridized carbons (Fsp3) is 0.500. The van der Waals surface area contributed by atoms with Gasteiger partial charge in [-0.1, -0.05) is 6.08 Å². The van der Waals surface area contributed by atoms with Crippen molar-refractivity contribution >= 4 is 5.78 Å². The van der Waals surface area contributed by atoms with E-state index in [9.17, 15) is 4.79 Å². The van der Waals surface area contributed by atoms with Crippen molar-refractivity contribution in [3.8, 4) is 6.07 Å². The summed E-state index contributed by atoms with van der Waals surface area (Å²) in [5, 5.41) is 8.07. The van der Waals surface area contributed by atoms with Crippen LogP contribution in [0.3, 0.4) is 0 Å². The van der Waals surface area contributed by atoms with E-state index in [4.69, 9.17) is 5.26 Å². The molecule has 0 aromatic heterocycles. The summed E-state index contributed by atoms with van der Waals surface area (Å²) in [4.78, 5) is 10.4. The molecule has 0 heterocycles. The molecule has 0 atom stereocenters. The fourth-order valence-electron chi connectivity index (χ4n) is 0.605. The first-order valence-electron chi connectivity index (χ1n) is 3.31. The molecule has 0 saturated heterocycles. The molecule has 0 aliphatic heterocycles. The second-order valence-corrected chi connectivity index (χ2v) is 2.13. The van der Waals surface area contributed by atoms with Gasteiger partial charge < -0.3 is 4.79 Å². The van der Waals surface area contributed by atoms with E-state index in [1.54, 1.807) is 13.0 Å². The Morgan fingerprint density at radius 3 is 2.90 bits per heavy atom. The summed E-state index contributed by atoms with van der Waals surface area (Å²) in [7, 11) is 0. The van der Waals surface area contributed by atoms with E-state index in [0.717, 1.165) is 12.8 Å². The highest BCUT2D eigenvalue weighted by molar-refractivity contribution is 5.75. The normalized spacial score (nSPS) is 9.60. The fourth-order valence-corrected chi connectivity index (χ4v) is 0.605. The molecule has 0 N–H and O–H groups in total. The third-order valence-electron chi connectivity index (χ3n) is 1.09. The molecule has 0 rings (SSSR count). The van der Waals surface area contributed by atoms with Crippen LogP contribution in [-0.4, -0.2) is 5.78 Å². The quantitative estimate of drug-likeness (QED) is 0.438. The summed E-state index contributed by atoms with van der Waals surface area (Å²) >= 11 is 0. The smallest absolute Gasteiger partial charge is 0.129 e. The zero-order chi connectivity index (χ0) is 7.82. The lowest BCUT2D eigenvalue weighted by Gasteiger charge is -1.88. The van der Waals surface area contributed by atoms with Gasteiger partial charge in [0.25, 0.3) is 0 Å². The highest BCUT2D eigenvalue weighted by atomic mass is 16.1. The van der Waals surface area contributed by atoms with Gasteiger partial charge in [0.2, 0.25) is 0 Å². The van der Waals surface area contributed by atoms with Crippen molar-refractivity contribution in [2.24, 2.45) is 0 Å². The van der Waals surface area contributed by atoms with Crippen molar-refractivity contribution in [3.63, 3.8) is 0 Å².